The Morgan fingerprint density at radius 1 is 1.11 bits per heavy atom. The summed E-state index contributed by atoms with van der Waals surface area (Å²) in [5, 5.41) is 6.41. The zero-order valence-corrected chi connectivity index (χ0v) is 16.1. The van der Waals surface area contributed by atoms with Gasteiger partial charge in [-0.3, -0.25) is 4.99 Å². The van der Waals surface area contributed by atoms with Crippen molar-refractivity contribution in [3.63, 3.8) is 0 Å². The van der Waals surface area contributed by atoms with Crippen LogP contribution in [0.15, 0.2) is 47.5 Å². The summed E-state index contributed by atoms with van der Waals surface area (Å²) in [5.74, 6) is 1.62. The fourth-order valence-electron chi connectivity index (χ4n) is 2.54. The Kier molecular flexibility index (Phi) is 7.88. The zero-order valence-electron chi connectivity index (χ0n) is 16.1. The smallest absolute Gasteiger partial charge is 0.195 e. The van der Waals surface area contributed by atoms with Gasteiger partial charge in [0.25, 0.3) is 0 Å². The minimum Gasteiger partial charge on any atom is -0.493 e. The lowest BCUT2D eigenvalue weighted by atomic mass is 10.1. The topological polar surface area (TPSA) is 64.1 Å². The van der Waals surface area contributed by atoms with Gasteiger partial charge in [-0.05, 0) is 36.8 Å². The van der Waals surface area contributed by atoms with Crippen LogP contribution in [0.2, 0.25) is 0 Å². The fraction of sp³-hybridized carbons (Fsp3) is 0.350. The molecule has 0 aliphatic rings. The molecule has 146 valence electrons. The van der Waals surface area contributed by atoms with Gasteiger partial charge in [0, 0.05) is 32.5 Å². The maximum Gasteiger partial charge on any atom is 0.195 e. The van der Waals surface area contributed by atoms with Crippen LogP contribution in [0.3, 0.4) is 0 Å². The highest BCUT2D eigenvalue weighted by molar-refractivity contribution is 5.93. The van der Waals surface area contributed by atoms with Crippen molar-refractivity contribution in [2.75, 3.05) is 39.7 Å². The number of hydrogen-bond acceptors (Lipinski definition) is 4. The first-order valence-corrected chi connectivity index (χ1v) is 8.68. The van der Waals surface area contributed by atoms with E-state index in [1.165, 1.54) is 12.1 Å². The first-order valence-electron chi connectivity index (χ1n) is 8.68. The number of ether oxygens (including phenoxy) is 3. The van der Waals surface area contributed by atoms with Crippen LogP contribution in [0.1, 0.15) is 18.6 Å². The van der Waals surface area contributed by atoms with Crippen molar-refractivity contribution in [3.8, 4) is 11.5 Å². The average molecular weight is 375 g/mol. The van der Waals surface area contributed by atoms with Crippen LogP contribution in [0, 0.1) is 5.82 Å². The Balaban J connectivity index is 2.01. The lowest BCUT2D eigenvalue weighted by molar-refractivity contribution is 0.106. The van der Waals surface area contributed by atoms with Crippen LogP contribution in [0.4, 0.5) is 10.1 Å². The van der Waals surface area contributed by atoms with Crippen molar-refractivity contribution < 1.29 is 18.6 Å². The first-order chi connectivity index (χ1) is 13.1. The van der Waals surface area contributed by atoms with Gasteiger partial charge in [0.2, 0.25) is 0 Å². The van der Waals surface area contributed by atoms with Gasteiger partial charge in [-0.15, -0.1) is 0 Å². The van der Waals surface area contributed by atoms with Gasteiger partial charge in [-0.1, -0.05) is 12.1 Å². The highest BCUT2D eigenvalue weighted by Crippen LogP contribution is 2.30. The molecule has 27 heavy (non-hydrogen) atoms. The molecule has 0 amide bonds. The Morgan fingerprint density at radius 2 is 1.85 bits per heavy atom. The Hall–Kier alpha value is -2.80. The molecule has 0 aromatic heterocycles. The Labute approximate surface area is 159 Å². The summed E-state index contributed by atoms with van der Waals surface area (Å²) < 4.78 is 29.5. The molecule has 0 heterocycles. The average Bonchev–Trinajstić information content (AvgIpc) is 2.69. The summed E-state index contributed by atoms with van der Waals surface area (Å²) in [5.41, 5.74) is 1.68. The van der Waals surface area contributed by atoms with E-state index in [0.29, 0.717) is 30.6 Å². The molecular weight excluding hydrogens is 349 g/mol. The normalized spacial score (nSPS) is 12.4. The van der Waals surface area contributed by atoms with Crippen LogP contribution in [-0.4, -0.2) is 40.4 Å². The highest BCUT2D eigenvalue weighted by atomic mass is 19.1. The summed E-state index contributed by atoms with van der Waals surface area (Å²) in [6.07, 6.45) is -0.237. The van der Waals surface area contributed by atoms with Gasteiger partial charge in [-0.2, -0.15) is 0 Å². The molecule has 0 fully saturated rings. The molecule has 0 saturated carbocycles. The van der Waals surface area contributed by atoms with E-state index in [0.717, 1.165) is 11.3 Å². The summed E-state index contributed by atoms with van der Waals surface area (Å²) >= 11 is 0. The standard InChI is InChI=1S/C20H26FN3O3/c1-5-27-17-11-10-16(12-18(17)25-3)24-20(22-2)23-13-19(26-4)14-6-8-15(21)9-7-14/h6-12,19H,5,13H2,1-4H3,(H2,22,23,24). The molecule has 0 bridgehead atoms. The molecule has 0 spiro atoms. The van der Waals surface area contributed by atoms with E-state index in [1.807, 2.05) is 25.1 Å². The quantitative estimate of drug-likeness (QED) is 0.545. The minimum atomic E-state index is -0.275. The molecule has 0 aliphatic carbocycles. The van der Waals surface area contributed by atoms with Gasteiger partial charge in [0.05, 0.1) is 19.8 Å². The molecule has 0 saturated heterocycles. The van der Waals surface area contributed by atoms with Crippen LogP contribution in [0.25, 0.3) is 0 Å². The molecule has 2 aromatic rings. The molecular formula is C20H26FN3O3. The van der Waals surface area contributed by atoms with Crippen LogP contribution in [-0.2, 0) is 4.74 Å². The number of benzene rings is 2. The van der Waals surface area contributed by atoms with Crippen molar-refractivity contribution in [1.82, 2.24) is 5.32 Å². The third kappa shape index (κ3) is 5.86. The monoisotopic (exact) mass is 375 g/mol. The van der Waals surface area contributed by atoms with Crippen molar-refractivity contribution in [2.45, 2.75) is 13.0 Å². The van der Waals surface area contributed by atoms with Gasteiger partial charge in [-0.25, -0.2) is 4.39 Å². The summed E-state index contributed by atoms with van der Waals surface area (Å²) in [6.45, 7) is 2.95. The number of anilines is 1. The second-order valence-electron chi connectivity index (χ2n) is 5.65. The number of nitrogens with one attached hydrogen (secondary N) is 2. The number of rotatable bonds is 8. The van der Waals surface area contributed by atoms with Gasteiger partial charge in [0.15, 0.2) is 17.5 Å². The number of methoxy groups -OCH3 is 2. The SMILES string of the molecule is CCOc1ccc(NC(=NC)NCC(OC)c2ccc(F)cc2)cc1OC. The molecule has 0 aliphatic heterocycles. The van der Waals surface area contributed by atoms with Gasteiger partial charge in [0.1, 0.15) is 5.82 Å². The van der Waals surface area contributed by atoms with Crippen molar-refractivity contribution >= 4 is 11.6 Å². The summed E-state index contributed by atoms with van der Waals surface area (Å²) in [7, 11) is 4.89. The lowest BCUT2D eigenvalue weighted by Gasteiger charge is -2.19. The summed E-state index contributed by atoms with van der Waals surface area (Å²) in [6, 6.07) is 11.8. The third-order valence-corrected chi connectivity index (χ3v) is 3.93. The zero-order chi connectivity index (χ0) is 19.6. The molecule has 7 heteroatoms. The molecule has 2 rings (SSSR count). The molecule has 6 nitrogen and oxygen atoms in total. The molecule has 1 unspecified atom stereocenters. The van der Waals surface area contributed by atoms with E-state index in [9.17, 15) is 4.39 Å². The van der Waals surface area contributed by atoms with E-state index in [4.69, 9.17) is 14.2 Å². The predicted octanol–water partition coefficient (Wildman–Crippen LogP) is 3.61. The minimum absolute atomic E-state index is 0.237. The predicted molar refractivity (Wildman–Crippen MR) is 105 cm³/mol. The van der Waals surface area contributed by atoms with E-state index in [1.54, 1.807) is 33.4 Å². The molecule has 1 atom stereocenters. The fourth-order valence-corrected chi connectivity index (χ4v) is 2.54. The van der Waals surface area contributed by atoms with Crippen molar-refractivity contribution in [3.05, 3.63) is 53.8 Å². The number of aliphatic imine (C=N–C) groups is 1. The van der Waals surface area contributed by atoms with Crippen LogP contribution < -0.4 is 20.1 Å². The molecule has 2 aromatic carbocycles. The van der Waals surface area contributed by atoms with Crippen molar-refractivity contribution in [1.29, 1.82) is 0 Å². The maximum atomic E-state index is 13.1. The number of halogens is 1. The number of nitrogens with zero attached hydrogens (tertiary/aromatic N) is 1. The first kappa shape index (κ1) is 20.5. The third-order valence-electron chi connectivity index (χ3n) is 3.93. The number of hydrogen-bond donors (Lipinski definition) is 2. The summed E-state index contributed by atoms with van der Waals surface area (Å²) in [4.78, 5) is 4.22. The largest absolute Gasteiger partial charge is 0.493 e. The van der Waals surface area contributed by atoms with E-state index in [2.05, 4.69) is 15.6 Å². The van der Waals surface area contributed by atoms with Gasteiger partial charge < -0.3 is 24.8 Å². The number of guanidine groups is 1. The van der Waals surface area contributed by atoms with E-state index < -0.39 is 0 Å². The Bertz CT molecular complexity index is 751. The van der Waals surface area contributed by atoms with Crippen LogP contribution >= 0.6 is 0 Å². The van der Waals surface area contributed by atoms with Crippen LogP contribution in [0.5, 0.6) is 11.5 Å². The molecule has 2 N–H and O–H groups in total. The molecule has 0 radical (unpaired) electrons. The van der Waals surface area contributed by atoms with E-state index in [-0.39, 0.29) is 11.9 Å². The Morgan fingerprint density at radius 3 is 2.44 bits per heavy atom. The van der Waals surface area contributed by atoms with Gasteiger partial charge >= 0.3 is 0 Å². The maximum absolute atomic E-state index is 13.1. The lowest BCUT2D eigenvalue weighted by Crippen LogP contribution is -2.34. The van der Waals surface area contributed by atoms with E-state index >= 15 is 0 Å². The highest BCUT2D eigenvalue weighted by Gasteiger charge is 2.12. The second kappa shape index (κ2) is 10.4. The second-order valence-corrected chi connectivity index (χ2v) is 5.65. The van der Waals surface area contributed by atoms with Crippen molar-refractivity contribution in [2.24, 2.45) is 4.99 Å².